The van der Waals surface area contributed by atoms with Crippen LogP contribution in [0.5, 0.6) is 5.75 Å². The summed E-state index contributed by atoms with van der Waals surface area (Å²) in [6.45, 7) is 9.88. The van der Waals surface area contributed by atoms with Crippen LogP contribution in [0, 0.1) is 11.8 Å². The normalized spacial score (nSPS) is 14.1. The Bertz CT molecular complexity index is 587. The fourth-order valence-corrected chi connectivity index (χ4v) is 4.29. The van der Waals surface area contributed by atoms with E-state index in [4.69, 9.17) is 4.74 Å². The lowest BCUT2D eigenvalue weighted by atomic mass is 9.92. The Kier molecular flexibility index (Phi) is 7.42. The molecule has 1 aromatic carbocycles. The number of fused-ring (bicyclic) bond motifs is 1. The van der Waals surface area contributed by atoms with Crippen LogP contribution in [0.15, 0.2) is 24.3 Å². The Morgan fingerprint density at radius 2 is 1.70 bits per heavy atom. The van der Waals surface area contributed by atoms with E-state index < -0.39 is 0 Å². The molecule has 0 saturated carbocycles. The van der Waals surface area contributed by atoms with Crippen molar-refractivity contribution >= 4 is 21.4 Å². The smallest absolute Gasteiger partial charge is 0.120 e. The molecule has 1 heterocycles. The zero-order chi connectivity index (χ0) is 16.7. The van der Waals surface area contributed by atoms with E-state index in [1.807, 2.05) is 18.3 Å². The lowest BCUT2D eigenvalue weighted by Gasteiger charge is -2.14. The molecular formula is C21H32OS. The molecule has 0 fully saturated rings. The zero-order valence-corrected chi connectivity index (χ0v) is 16.0. The summed E-state index contributed by atoms with van der Waals surface area (Å²) in [5, 5.41) is 1.36. The maximum absolute atomic E-state index is 5.60. The first-order chi connectivity index (χ1) is 11.1. The summed E-state index contributed by atoms with van der Waals surface area (Å²) in [6, 6.07) is 8.82. The lowest BCUT2D eigenvalue weighted by Crippen LogP contribution is -2.01. The molecule has 0 radical (unpaired) electrons. The summed E-state index contributed by atoms with van der Waals surface area (Å²) in [6.07, 6.45) is 7.99. The van der Waals surface area contributed by atoms with E-state index in [0.29, 0.717) is 0 Å². The molecule has 0 aliphatic carbocycles. The van der Waals surface area contributed by atoms with Gasteiger partial charge >= 0.3 is 0 Å². The molecule has 0 N–H and O–H groups in total. The number of thiophene rings is 1. The van der Waals surface area contributed by atoms with Crippen molar-refractivity contribution in [2.24, 2.45) is 11.8 Å². The quantitative estimate of drug-likeness (QED) is 0.451. The van der Waals surface area contributed by atoms with E-state index in [9.17, 15) is 0 Å². The van der Waals surface area contributed by atoms with Gasteiger partial charge in [0.05, 0.1) is 6.61 Å². The first-order valence-corrected chi connectivity index (χ1v) is 10.1. The van der Waals surface area contributed by atoms with Gasteiger partial charge in [0, 0.05) is 9.58 Å². The molecule has 2 atom stereocenters. The zero-order valence-electron chi connectivity index (χ0n) is 15.2. The molecular weight excluding hydrogens is 300 g/mol. The summed E-state index contributed by atoms with van der Waals surface area (Å²) < 4.78 is 6.96. The minimum atomic E-state index is 0.734. The van der Waals surface area contributed by atoms with E-state index in [1.165, 1.54) is 53.5 Å². The van der Waals surface area contributed by atoms with Gasteiger partial charge in [-0.15, -0.1) is 11.3 Å². The number of ether oxygens (including phenoxy) is 1. The summed E-state index contributed by atoms with van der Waals surface area (Å²) in [7, 11) is 0. The van der Waals surface area contributed by atoms with Gasteiger partial charge in [-0.1, -0.05) is 46.5 Å². The Balaban J connectivity index is 1.84. The molecule has 2 aromatic rings. The predicted molar refractivity (Wildman–Crippen MR) is 104 cm³/mol. The first kappa shape index (κ1) is 18.3. The third kappa shape index (κ3) is 5.84. The van der Waals surface area contributed by atoms with Crippen molar-refractivity contribution in [1.29, 1.82) is 0 Å². The van der Waals surface area contributed by atoms with E-state index in [1.54, 1.807) is 0 Å². The van der Waals surface area contributed by atoms with E-state index >= 15 is 0 Å². The maximum atomic E-state index is 5.60. The lowest BCUT2D eigenvalue weighted by molar-refractivity contribution is 0.341. The summed E-state index contributed by atoms with van der Waals surface area (Å²) in [4.78, 5) is 1.52. The van der Waals surface area contributed by atoms with Crippen LogP contribution in [0.1, 0.15) is 64.7 Å². The molecule has 0 aliphatic rings. The molecule has 23 heavy (non-hydrogen) atoms. The van der Waals surface area contributed by atoms with Gasteiger partial charge in [-0.25, -0.2) is 0 Å². The third-order valence-electron chi connectivity index (χ3n) is 4.67. The summed E-state index contributed by atoms with van der Waals surface area (Å²) in [5.74, 6) is 2.72. The summed E-state index contributed by atoms with van der Waals surface area (Å²) >= 11 is 1.93. The van der Waals surface area contributed by atoms with Crippen LogP contribution in [-0.4, -0.2) is 6.61 Å². The van der Waals surface area contributed by atoms with Crippen molar-refractivity contribution in [2.75, 3.05) is 6.61 Å². The number of benzene rings is 1. The minimum Gasteiger partial charge on any atom is -0.494 e. The van der Waals surface area contributed by atoms with Gasteiger partial charge in [0.1, 0.15) is 5.75 Å². The molecule has 128 valence electrons. The predicted octanol–water partition coefficient (Wildman–Crippen LogP) is 7.09. The Morgan fingerprint density at radius 1 is 0.957 bits per heavy atom. The molecule has 0 amide bonds. The highest BCUT2D eigenvalue weighted by molar-refractivity contribution is 7.19. The number of aryl methyl sites for hydroxylation is 1. The molecule has 1 nitrogen and oxygen atoms in total. The topological polar surface area (TPSA) is 9.23 Å². The van der Waals surface area contributed by atoms with Crippen molar-refractivity contribution < 1.29 is 4.74 Å². The highest BCUT2D eigenvalue weighted by Gasteiger charge is 2.09. The third-order valence-corrected chi connectivity index (χ3v) is 5.83. The SMILES string of the molecule is CCCC(C)CCC(C)CCc1cc2ccc(OCC)cc2s1. The summed E-state index contributed by atoms with van der Waals surface area (Å²) in [5.41, 5.74) is 0. The molecule has 0 saturated heterocycles. The average Bonchev–Trinajstić information content (AvgIpc) is 2.94. The molecule has 1 aromatic heterocycles. The highest BCUT2D eigenvalue weighted by atomic mass is 32.1. The van der Waals surface area contributed by atoms with Crippen LogP contribution in [0.25, 0.3) is 10.1 Å². The second-order valence-electron chi connectivity index (χ2n) is 6.96. The monoisotopic (exact) mass is 332 g/mol. The fourth-order valence-electron chi connectivity index (χ4n) is 3.19. The van der Waals surface area contributed by atoms with Gasteiger partial charge in [-0.3, -0.25) is 0 Å². The largest absolute Gasteiger partial charge is 0.494 e. The number of hydrogen-bond donors (Lipinski definition) is 0. The van der Waals surface area contributed by atoms with Crippen molar-refractivity contribution in [3.8, 4) is 5.75 Å². The van der Waals surface area contributed by atoms with Crippen LogP contribution in [0.4, 0.5) is 0 Å². The Hall–Kier alpha value is -1.02. The molecule has 2 rings (SSSR count). The van der Waals surface area contributed by atoms with Crippen LogP contribution in [-0.2, 0) is 6.42 Å². The van der Waals surface area contributed by atoms with Crippen molar-refractivity contribution in [3.63, 3.8) is 0 Å². The van der Waals surface area contributed by atoms with Gasteiger partial charge in [0.15, 0.2) is 0 Å². The van der Waals surface area contributed by atoms with Crippen LogP contribution >= 0.6 is 11.3 Å². The van der Waals surface area contributed by atoms with Crippen molar-refractivity contribution in [3.05, 3.63) is 29.1 Å². The maximum Gasteiger partial charge on any atom is 0.120 e. The van der Waals surface area contributed by atoms with E-state index in [2.05, 4.69) is 45.0 Å². The number of hydrogen-bond acceptors (Lipinski definition) is 2. The second-order valence-corrected chi connectivity index (χ2v) is 8.13. The molecule has 0 spiro atoms. The van der Waals surface area contributed by atoms with Gasteiger partial charge in [-0.2, -0.15) is 0 Å². The first-order valence-electron chi connectivity index (χ1n) is 9.27. The van der Waals surface area contributed by atoms with Gasteiger partial charge in [0.2, 0.25) is 0 Å². The molecule has 0 aliphatic heterocycles. The molecule has 2 unspecified atom stereocenters. The van der Waals surface area contributed by atoms with Crippen molar-refractivity contribution in [1.82, 2.24) is 0 Å². The average molecular weight is 333 g/mol. The Morgan fingerprint density at radius 3 is 2.39 bits per heavy atom. The fraction of sp³-hybridized carbons (Fsp3) is 0.619. The van der Waals surface area contributed by atoms with Gasteiger partial charge in [0.25, 0.3) is 0 Å². The molecule has 0 bridgehead atoms. The number of rotatable bonds is 10. The van der Waals surface area contributed by atoms with Gasteiger partial charge in [-0.05, 0) is 61.3 Å². The standard InChI is InChI=1S/C21H32OS/c1-5-7-16(3)8-9-17(4)10-13-20-14-18-11-12-19(22-6-2)15-21(18)23-20/h11-12,14-17H,5-10,13H2,1-4H3. The minimum absolute atomic E-state index is 0.734. The van der Waals surface area contributed by atoms with E-state index in [-0.39, 0.29) is 0 Å². The van der Waals surface area contributed by atoms with Crippen molar-refractivity contribution in [2.45, 2.75) is 66.2 Å². The van der Waals surface area contributed by atoms with Gasteiger partial charge < -0.3 is 4.74 Å². The Labute approximate surface area is 146 Å². The van der Waals surface area contributed by atoms with Crippen LogP contribution in [0.3, 0.4) is 0 Å². The van der Waals surface area contributed by atoms with Crippen LogP contribution < -0.4 is 4.74 Å². The van der Waals surface area contributed by atoms with Crippen LogP contribution in [0.2, 0.25) is 0 Å². The highest BCUT2D eigenvalue weighted by Crippen LogP contribution is 2.31. The molecule has 2 heteroatoms. The second kappa shape index (κ2) is 9.32. The van der Waals surface area contributed by atoms with E-state index in [0.717, 1.165) is 24.2 Å².